The standard InChI is InChI=1S/C28H39N5O3/c1-9-28(10-2,20-11-13-22(17(3)15-20)25(35)29-26-30-32-33-31-26)21-12-14-23(18(4)16-21)36-19(5)24(34)27(6,7)8/h11-16,19,24,34H,9-10H2,1-8H3,(H2,29,30,31,32,33,35). The number of carbonyl (C=O) groups is 1. The zero-order chi connectivity index (χ0) is 26.7. The number of aromatic amines is 1. The molecule has 36 heavy (non-hydrogen) atoms. The van der Waals surface area contributed by atoms with Gasteiger partial charge in [0.15, 0.2) is 0 Å². The van der Waals surface area contributed by atoms with Crippen molar-refractivity contribution in [1.29, 1.82) is 0 Å². The van der Waals surface area contributed by atoms with Gasteiger partial charge >= 0.3 is 0 Å². The highest BCUT2D eigenvalue weighted by molar-refractivity contribution is 6.04. The minimum absolute atomic E-state index is 0.141. The van der Waals surface area contributed by atoms with Crippen LogP contribution in [0.15, 0.2) is 36.4 Å². The number of benzene rings is 2. The van der Waals surface area contributed by atoms with Gasteiger partial charge in [0.25, 0.3) is 11.9 Å². The van der Waals surface area contributed by atoms with Crippen LogP contribution in [0.2, 0.25) is 0 Å². The normalized spacial score (nSPS) is 13.8. The number of anilines is 1. The summed E-state index contributed by atoms with van der Waals surface area (Å²) in [5.41, 5.74) is 4.35. The lowest BCUT2D eigenvalue weighted by Gasteiger charge is -2.35. The number of amides is 1. The maximum atomic E-state index is 12.7. The van der Waals surface area contributed by atoms with Gasteiger partial charge < -0.3 is 9.84 Å². The maximum absolute atomic E-state index is 12.7. The van der Waals surface area contributed by atoms with Gasteiger partial charge in [-0.2, -0.15) is 5.21 Å². The molecule has 0 spiro atoms. The number of hydrogen-bond acceptors (Lipinski definition) is 6. The Hall–Kier alpha value is -3.26. The largest absolute Gasteiger partial charge is 0.488 e. The first-order valence-corrected chi connectivity index (χ1v) is 12.5. The van der Waals surface area contributed by atoms with Gasteiger partial charge in [-0.25, -0.2) is 0 Å². The van der Waals surface area contributed by atoms with Gasteiger partial charge in [-0.15, -0.1) is 5.10 Å². The van der Waals surface area contributed by atoms with E-state index in [-0.39, 0.29) is 28.8 Å². The summed E-state index contributed by atoms with van der Waals surface area (Å²) >= 11 is 0. The van der Waals surface area contributed by atoms with Crippen molar-refractivity contribution in [3.05, 3.63) is 64.2 Å². The molecule has 1 amide bonds. The van der Waals surface area contributed by atoms with Gasteiger partial charge in [-0.3, -0.25) is 10.1 Å². The number of nitrogens with one attached hydrogen (secondary N) is 2. The van der Waals surface area contributed by atoms with E-state index in [2.05, 4.69) is 58.0 Å². The Morgan fingerprint density at radius 2 is 1.67 bits per heavy atom. The second-order valence-electron chi connectivity index (χ2n) is 10.6. The second kappa shape index (κ2) is 10.8. The fraction of sp³-hybridized carbons (Fsp3) is 0.500. The van der Waals surface area contributed by atoms with E-state index in [9.17, 15) is 9.90 Å². The van der Waals surface area contributed by atoms with Crippen LogP contribution in [0, 0.1) is 19.3 Å². The summed E-state index contributed by atoms with van der Waals surface area (Å²) in [7, 11) is 0. The van der Waals surface area contributed by atoms with Crippen LogP contribution in [0.1, 0.15) is 87.0 Å². The van der Waals surface area contributed by atoms with Crippen LogP contribution in [-0.2, 0) is 5.41 Å². The van der Waals surface area contributed by atoms with Crippen LogP contribution >= 0.6 is 0 Å². The lowest BCUT2D eigenvalue weighted by molar-refractivity contribution is -0.0234. The van der Waals surface area contributed by atoms with Crippen molar-refractivity contribution < 1.29 is 14.6 Å². The van der Waals surface area contributed by atoms with Gasteiger partial charge in [0, 0.05) is 11.0 Å². The van der Waals surface area contributed by atoms with Crippen LogP contribution in [0.4, 0.5) is 5.95 Å². The van der Waals surface area contributed by atoms with E-state index in [0.717, 1.165) is 35.3 Å². The Bertz CT molecular complexity index is 1180. The minimum atomic E-state index is -0.583. The summed E-state index contributed by atoms with van der Waals surface area (Å²) in [6, 6.07) is 12.3. The van der Waals surface area contributed by atoms with Crippen LogP contribution in [0.25, 0.3) is 0 Å². The fourth-order valence-electron chi connectivity index (χ4n) is 4.88. The number of carbonyl (C=O) groups excluding carboxylic acids is 1. The third kappa shape index (κ3) is 5.59. The molecule has 0 aliphatic rings. The van der Waals surface area contributed by atoms with Crippen molar-refractivity contribution in [1.82, 2.24) is 20.6 Å². The van der Waals surface area contributed by atoms with E-state index >= 15 is 0 Å². The molecular formula is C28H39N5O3. The van der Waals surface area contributed by atoms with Crippen molar-refractivity contribution >= 4 is 11.9 Å². The quantitative estimate of drug-likeness (QED) is 0.370. The molecule has 0 fully saturated rings. The van der Waals surface area contributed by atoms with Crippen molar-refractivity contribution in [3.8, 4) is 5.75 Å². The zero-order valence-electron chi connectivity index (χ0n) is 22.6. The SMILES string of the molecule is CCC(CC)(c1ccc(OC(C)C(O)C(C)(C)C)c(C)c1)c1ccc(C(=O)Nc2nn[nH]n2)c(C)c1. The molecule has 1 heterocycles. The van der Waals surface area contributed by atoms with Crippen molar-refractivity contribution in [2.24, 2.45) is 5.41 Å². The van der Waals surface area contributed by atoms with Gasteiger partial charge in [0.2, 0.25) is 0 Å². The number of ether oxygens (including phenoxy) is 1. The zero-order valence-corrected chi connectivity index (χ0v) is 22.6. The van der Waals surface area contributed by atoms with Gasteiger partial charge in [0.05, 0.1) is 6.10 Å². The topological polar surface area (TPSA) is 113 Å². The van der Waals surface area contributed by atoms with Gasteiger partial charge in [-0.05, 0) is 78.6 Å². The summed E-state index contributed by atoms with van der Waals surface area (Å²) in [5, 5.41) is 26.6. The van der Waals surface area contributed by atoms with E-state index in [1.165, 1.54) is 5.56 Å². The molecule has 1 aromatic heterocycles. The van der Waals surface area contributed by atoms with Crippen LogP contribution in [0.5, 0.6) is 5.75 Å². The molecule has 0 aliphatic carbocycles. The molecule has 8 heteroatoms. The van der Waals surface area contributed by atoms with E-state index in [1.807, 2.05) is 59.7 Å². The molecule has 194 valence electrons. The Labute approximate surface area is 213 Å². The lowest BCUT2D eigenvalue weighted by Crippen LogP contribution is -2.39. The second-order valence-corrected chi connectivity index (χ2v) is 10.6. The number of aromatic nitrogens is 4. The van der Waals surface area contributed by atoms with Crippen molar-refractivity contribution in [2.45, 2.75) is 85.9 Å². The predicted molar refractivity (Wildman–Crippen MR) is 141 cm³/mol. The first kappa shape index (κ1) is 27.3. The lowest BCUT2D eigenvalue weighted by atomic mass is 9.70. The molecule has 3 rings (SSSR count). The Balaban J connectivity index is 1.90. The molecule has 0 bridgehead atoms. The first-order chi connectivity index (χ1) is 16.9. The van der Waals surface area contributed by atoms with Gasteiger partial charge in [-0.1, -0.05) is 64.0 Å². The summed E-state index contributed by atoms with van der Waals surface area (Å²) in [6.45, 7) is 16.3. The molecular weight excluding hydrogens is 454 g/mol. The molecule has 2 atom stereocenters. The van der Waals surface area contributed by atoms with Crippen molar-refractivity contribution in [2.75, 3.05) is 5.32 Å². The maximum Gasteiger partial charge on any atom is 0.270 e. The van der Waals surface area contributed by atoms with Crippen LogP contribution < -0.4 is 10.1 Å². The Morgan fingerprint density at radius 1 is 1.06 bits per heavy atom. The predicted octanol–water partition coefficient (Wildman–Crippen LogP) is 5.35. The monoisotopic (exact) mass is 493 g/mol. The molecule has 0 aliphatic heterocycles. The minimum Gasteiger partial charge on any atom is -0.488 e. The molecule has 3 N–H and O–H groups in total. The number of tetrazole rings is 1. The van der Waals surface area contributed by atoms with Crippen molar-refractivity contribution in [3.63, 3.8) is 0 Å². The van der Waals surface area contributed by atoms with E-state index < -0.39 is 6.10 Å². The summed E-state index contributed by atoms with van der Waals surface area (Å²) < 4.78 is 6.17. The highest BCUT2D eigenvalue weighted by Gasteiger charge is 2.33. The molecule has 2 aromatic carbocycles. The highest BCUT2D eigenvalue weighted by Crippen LogP contribution is 2.41. The number of nitrogens with zero attached hydrogens (tertiary/aromatic N) is 3. The number of H-pyrrole nitrogens is 1. The molecule has 3 aromatic rings. The number of aliphatic hydroxyl groups excluding tert-OH is 1. The summed E-state index contributed by atoms with van der Waals surface area (Å²) in [5.74, 6) is 0.644. The fourth-order valence-corrected chi connectivity index (χ4v) is 4.88. The highest BCUT2D eigenvalue weighted by atomic mass is 16.5. The number of aryl methyl sites for hydroxylation is 2. The number of rotatable bonds is 9. The molecule has 0 saturated carbocycles. The van der Waals surface area contributed by atoms with E-state index in [1.54, 1.807) is 0 Å². The third-order valence-corrected chi connectivity index (χ3v) is 7.17. The van der Waals surface area contributed by atoms with Crippen LogP contribution in [0.3, 0.4) is 0 Å². The molecule has 0 saturated heterocycles. The number of hydrogen-bond donors (Lipinski definition) is 3. The molecule has 0 radical (unpaired) electrons. The average molecular weight is 494 g/mol. The Morgan fingerprint density at radius 3 is 2.17 bits per heavy atom. The first-order valence-electron chi connectivity index (χ1n) is 12.5. The Kier molecular flexibility index (Phi) is 8.19. The average Bonchev–Trinajstić information content (AvgIpc) is 3.33. The third-order valence-electron chi connectivity index (χ3n) is 7.17. The summed E-state index contributed by atoms with van der Waals surface area (Å²) in [4.78, 5) is 12.7. The van der Waals surface area contributed by atoms with Gasteiger partial charge in [0.1, 0.15) is 11.9 Å². The number of aliphatic hydroxyl groups is 1. The molecule has 8 nitrogen and oxygen atoms in total. The smallest absolute Gasteiger partial charge is 0.270 e. The molecule has 2 unspecified atom stereocenters. The van der Waals surface area contributed by atoms with E-state index in [4.69, 9.17) is 4.74 Å². The summed E-state index contributed by atoms with van der Waals surface area (Å²) in [6.07, 6.45) is 0.887. The van der Waals surface area contributed by atoms with Crippen LogP contribution in [-0.4, -0.2) is 43.8 Å². The van der Waals surface area contributed by atoms with E-state index in [0.29, 0.717) is 5.56 Å².